The predicted octanol–water partition coefficient (Wildman–Crippen LogP) is 2.93. The Hall–Kier alpha value is -3.00. The van der Waals surface area contributed by atoms with Crippen LogP contribution in [0.2, 0.25) is 0 Å². The van der Waals surface area contributed by atoms with Crippen molar-refractivity contribution >= 4 is 27.8 Å². The Labute approximate surface area is 156 Å². The molecule has 0 atom stereocenters. The second-order valence-corrected chi connectivity index (χ2v) is 7.87. The minimum atomic E-state index is -3.79. The van der Waals surface area contributed by atoms with Gasteiger partial charge < -0.3 is 14.2 Å². The average Bonchev–Trinajstić information content (AvgIpc) is 3.33. The van der Waals surface area contributed by atoms with Gasteiger partial charge in [-0.3, -0.25) is 4.72 Å². The lowest BCUT2D eigenvalue weighted by Gasteiger charge is -2.11. The van der Waals surface area contributed by atoms with E-state index < -0.39 is 16.0 Å². The van der Waals surface area contributed by atoms with E-state index in [9.17, 15) is 13.2 Å². The molecule has 1 aliphatic carbocycles. The molecule has 1 fully saturated rings. The van der Waals surface area contributed by atoms with Gasteiger partial charge in [0, 0.05) is 6.08 Å². The zero-order valence-electron chi connectivity index (χ0n) is 14.3. The summed E-state index contributed by atoms with van der Waals surface area (Å²) < 4.78 is 43.7. The van der Waals surface area contributed by atoms with Gasteiger partial charge in [-0.05, 0) is 48.7 Å². The van der Waals surface area contributed by atoms with Crippen LogP contribution >= 0.6 is 0 Å². The van der Waals surface area contributed by atoms with Crippen LogP contribution in [0.5, 0.6) is 11.5 Å². The van der Waals surface area contributed by atoms with E-state index in [1.54, 1.807) is 36.4 Å². The molecule has 2 aromatic rings. The molecule has 0 bridgehead atoms. The molecule has 2 aromatic carbocycles. The number of esters is 1. The van der Waals surface area contributed by atoms with Gasteiger partial charge in [0.1, 0.15) is 6.10 Å². The molecule has 2 aliphatic rings. The SMILES string of the molecule is O=C(/C=C/c1cc(NS(=O)(=O)c2ccccc2)c2c(c1)OCO2)OC1CC1. The van der Waals surface area contributed by atoms with E-state index in [0.29, 0.717) is 17.1 Å². The molecule has 1 aliphatic heterocycles. The van der Waals surface area contributed by atoms with E-state index in [1.807, 2.05) is 0 Å². The lowest BCUT2D eigenvalue weighted by atomic mass is 10.1. The summed E-state index contributed by atoms with van der Waals surface area (Å²) in [5, 5.41) is 0. The van der Waals surface area contributed by atoms with Gasteiger partial charge in [0.25, 0.3) is 10.0 Å². The van der Waals surface area contributed by atoms with Crippen LogP contribution in [0.25, 0.3) is 6.08 Å². The van der Waals surface area contributed by atoms with Crippen molar-refractivity contribution < 1.29 is 27.4 Å². The number of sulfonamides is 1. The number of carbonyl (C=O) groups is 1. The highest BCUT2D eigenvalue weighted by molar-refractivity contribution is 7.92. The number of anilines is 1. The van der Waals surface area contributed by atoms with Crippen LogP contribution in [-0.4, -0.2) is 27.3 Å². The van der Waals surface area contributed by atoms with Crippen molar-refractivity contribution in [2.45, 2.75) is 23.8 Å². The van der Waals surface area contributed by atoms with Gasteiger partial charge in [-0.15, -0.1) is 0 Å². The van der Waals surface area contributed by atoms with Crippen LogP contribution in [0.1, 0.15) is 18.4 Å². The highest BCUT2D eigenvalue weighted by Gasteiger charge is 2.25. The van der Waals surface area contributed by atoms with Crippen molar-refractivity contribution in [3.8, 4) is 11.5 Å². The number of rotatable bonds is 6. The van der Waals surface area contributed by atoms with Gasteiger partial charge in [-0.1, -0.05) is 18.2 Å². The van der Waals surface area contributed by atoms with E-state index in [2.05, 4.69) is 4.72 Å². The summed E-state index contributed by atoms with van der Waals surface area (Å²) in [4.78, 5) is 11.9. The minimum Gasteiger partial charge on any atom is -0.459 e. The number of benzene rings is 2. The number of fused-ring (bicyclic) bond motifs is 1. The molecule has 0 amide bonds. The molecule has 4 rings (SSSR count). The van der Waals surface area contributed by atoms with Crippen LogP contribution in [0.3, 0.4) is 0 Å². The Balaban J connectivity index is 1.61. The Kier molecular flexibility index (Phi) is 4.49. The molecule has 0 radical (unpaired) electrons. The van der Waals surface area contributed by atoms with Crippen molar-refractivity contribution in [3.63, 3.8) is 0 Å². The number of ether oxygens (including phenoxy) is 3. The van der Waals surface area contributed by atoms with Crippen LogP contribution in [0.15, 0.2) is 53.4 Å². The van der Waals surface area contributed by atoms with E-state index in [-0.39, 0.29) is 23.5 Å². The van der Waals surface area contributed by atoms with Gasteiger partial charge >= 0.3 is 5.97 Å². The molecule has 1 heterocycles. The predicted molar refractivity (Wildman–Crippen MR) is 98.0 cm³/mol. The number of hydrogen-bond donors (Lipinski definition) is 1. The third-order valence-electron chi connectivity index (χ3n) is 4.01. The van der Waals surface area contributed by atoms with E-state index >= 15 is 0 Å². The number of nitrogens with one attached hydrogen (secondary N) is 1. The van der Waals surface area contributed by atoms with Crippen LogP contribution < -0.4 is 14.2 Å². The maximum atomic E-state index is 12.6. The molecule has 140 valence electrons. The smallest absolute Gasteiger partial charge is 0.331 e. The molecule has 1 N–H and O–H groups in total. The first kappa shape index (κ1) is 17.4. The lowest BCUT2D eigenvalue weighted by molar-refractivity contribution is -0.138. The monoisotopic (exact) mass is 387 g/mol. The summed E-state index contributed by atoms with van der Waals surface area (Å²) in [6, 6.07) is 11.3. The first-order valence-corrected chi connectivity index (χ1v) is 9.90. The van der Waals surface area contributed by atoms with Crippen molar-refractivity contribution in [2.75, 3.05) is 11.5 Å². The van der Waals surface area contributed by atoms with Crippen molar-refractivity contribution in [1.82, 2.24) is 0 Å². The van der Waals surface area contributed by atoms with E-state index in [4.69, 9.17) is 14.2 Å². The van der Waals surface area contributed by atoms with Crippen LogP contribution in [0, 0.1) is 0 Å². The number of hydrogen-bond acceptors (Lipinski definition) is 6. The molecule has 0 saturated heterocycles. The lowest BCUT2D eigenvalue weighted by Crippen LogP contribution is -2.13. The van der Waals surface area contributed by atoms with E-state index in [1.165, 1.54) is 18.2 Å². The summed E-state index contributed by atoms with van der Waals surface area (Å²) >= 11 is 0. The first-order chi connectivity index (χ1) is 13.0. The zero-order chi connectivity index (χ0) is 18.9. The third-order valence-corrected chi connectivity index (χ3v) is 5.39. The molecule has 8 heteroatoms. The van der Waals surface area contributed by atoms with Gasteiger partial charge in [0.2, 0.25) is 6.79 Å². The van der Waals surface area contributed by atoms with Crippen molar-refractivity contribution in [1.29, 1.82) is 0 Å². The zero-order valence-corrected chi connectivity index (χ0v) is 15.1. The largest absolute Gasteiger partial charge is 0.459 e. The highest BCUT2D eigenvalue weighted by atomic mass is 32.2. The Morgan fingerprint density at radius 1 is 1.15 bits per heavy atom. The maximum Gasteiger partial charge on any atom is 0.331 e. The summed E-state index contributed by atoms with van der Waals surface area (Å²) in [6.45, 7) is -0.00765. The Morgan fingerprint density at radius 2 is 1.93 bits per heavy atom. The molecule has 0 unspecified atom stereocenters. The van der Waals surface area contributed by atoms with Crippen LogP contribution in [-0.2, 0) is 19.6 Å². The summed E-state index contributed by atoms with van der Waals surface area (Å²) in [7, 11) is -3.79. The molecule has 27 heavy (non-hydrogen) atoms. The Morgan fingerprint density at radius 3 is 2.67 bits per heavy atom. The van der Waals surface area contributed by atoms with Gasteiger partial charge in [-0.25, -0.2) is 13.2 Å². The average molecular weight is 387 g/mol. The quantitative estimate of drug-likeness (QED) is 0.605. The fraction of sp³-hybridized carbons (Fsp3) is 0.211. The van der Waals surface area contributed by atoms with Crippen LogP contribution in [0.4, 0.5) is 5.69 Å². The Bertz CT molecular complexity index is 996. The first-order valence-electron chi connectivity index (χ1n) is 8.41. The standard InChI is InChI=1S/C19H17NO6S/c21-18(26-14-7-8-14)9-6-13-10-16(19-17(11-13)24-12-25-19)20-27(22,23)15-4-2-1-3-5-15/h1-6,9-11,14,20H,7-8,12H2/b9-6+. The molecular formula is C19H17NO6S. The van der Waals surface area contributed by atoms with Crippen molar-refractivity contribution in [2.24, 2.45) is 0 Å². The highest BCUT2D eigenvalue weighted by Crippen LogP contribution is 2.41. The third kappa shape index (κ3) is 4.06. The summed E-state index contributed by atoms with van der Waals surface area (Å²) in [5.74, 6) is 0.285. The summed E-state index contributed by atoms with van der Waals surface area (Å²) in [5.41, 5.74) is 0.821. The maximum absolute atomic E-state index is 12.6. The minimum absolute atomic E-state index is 0.00765. The molecule has 0 spiro atoms. The molecule has 0 aromatic heterocycles. The van der Waals surface area contributed by atoms with Gasteiger partial charge in [0.15, 0.2) is 11.5 Å². The second-order valence-electron chi connectivity index (χ2n) is 6.19. The molecule has 7 nitrogen and oxygen atoms in total. The second kappa shape index (κ2) is 6.96. The topological polar surface area (TPSA) is 90.9 Å². The van der Waals surface area contributed by atoms with E-state index in [0.717, 1.165) is 12.8 Å². The molecule has 1 saturated carbocycles. The fourth-order valence-electron chi connectivity index (χ4n) is 2.56. The summed E-state index contributed by atoms with van der Waals surface area (Å²) in [6.07, 6.45) is 4.68. The fourth-order valence-corrected chi connectivity index (χ4v) is 3.64. The normalized spacial score (nSPS) is 15.7. The number of carbonyl (C=O) groups excluding carboxylic acids is 1. The molecular weight excluding hydrogens is 370 g/mol. The van der Waals surface area contributed by atoms with Gasteiger partial charge in [0.05, 0.1) is 10.6 Å². The van der Waals surface area contributed by atoms with Gasteiger partial charge in [-0.2, -0.15) is 0 Å². The van der Waals surface area contributed by atoms with Crippen molar-refractivity contribution in [3.05, 3.63) is 54.1 Å².